The van der Waals surface area contributed by atoms with Crippen molar-refractivity contribution < 1.29 is 4.74 Å². The van der Waals surface area contributed by atoms with Crippen molar-refractivity contribution in [2.24, 2.45) is 5.92 Å². The summed E-state index contributed by atoms with van der Waals surface area (Å²) in [7, 11) is 0. The van der Waals surface area contributed by atoms with Gasteiger partial charge in [0.1, 0.15) is 0 Å². The highest BCUT2D eigenvalue weighted by Gasteiger charge is 2.43. The summed E-state index contributed by atoms with van der Waals surface area (Å²) in [5.41, 5.74) is 1.05. The average Bonchev–Trinajstić information content (AvgIpc) is 2.49. The van der Waals surface area contributed by atoms with E-state index in [4.69, 9.17) is 16.3 Å². The first-order valence-corrected chi connectivity index (χ1v) is 8.62. The van der Waals surface area contributed by atoms with Gasteiger partial charge in [0.15, 0.2) is 0 Å². The molecular formula is C18H28ClNO. The van der Waals surface area contributed by atoms with E-state index in [2.05, 4.69) is 38.2 Å². The minimum Gasteiger partial charge on any atom is -0.373 e. The van der Waals surface area contributed by atoms with E-state index in [0.717, 1.165) is 36.9 Å². The second kappa shape index (κ2) is 7.62. The highest BCUT2D eigenvalue weighted by molar-refractivity contribution is 6.31. The third kappa shape index (κ3) is 3.80. The Bertz CT molecular complexity index is 441. The van der Waals surface area contributed by atoms with Crippen LogP contribution in [0.25, 0.3) is 0 Å². The standard InChI is InChI=1S/C18H28ClNO/c1-4-20-17(15-8-6-7-9-16(15)19)18(21-5-2)12-10-14(3)11-13-18/h6-9,14,17,20H,4-5,10-13H2,1-3H3. The van der Waals surface area contributed by atoms with Crippen molar-refractivity contribution in [1.82, 2.24) is 5.32 Å². The maximum Gasteiger partial charge on any atom is 0.0876 e. The Kier molecular flexibility index (Phi) is 6.09. The van der Waals surface area contributed by atoms with Crippen molar-refractivity contribution in [2.75, 3.05) is 13.2 Å². The molecule has 1 aromatic rings. The number of ether oxygens (including phenoxy) is 1. The third-order valence-corrected chi connectivity index (χ3v) is 5.05. The zero-order valence-electron chi connectivity index (χ0n) is 13.5. The topological polar surface area (TPSA) is 21.3 Å². The molecule has 1 aromatic carbocycles. The molecule has 1 fully saturated rings. The van der Waals surface area contributed by atoms with Gasteiger partial charge >= 0.3 is 0 Å². The van der Waals surface area contributed by atoms with Crippen LogP contribution in [-0.2, 0) is 4.74 Å². The fourth-order valence-corrected chi connectivity index (χ4v) is 3.79. The number of nitrogens with one attached hydrogen (secondary N) is 1. The predicted octanol–water partition coefficient (Wildman–Crippen LogP) is 4.98. The van der Waals surface area contributed by atoms with Crippen LogP contribution in [0.4, 0.5) is 0 Å². The van der Waals surface area contributed by atoms with Gasteiger partial charge in [-0.25, -0.2) is 0 Å². The van der Waals surface area contributed by atoms with Crippen molar-refractivity contribution in [3.63, 3.8) is 0 Å². The Morgan fingerprint density at radius 2 is 1.95 bits per heavy atom. The molecule has 2 rings (SSSR count). The van der Waals surface area contributed by atoms with Crippen molar-refractivity contribution in [2.45, 2.75) is 58.1 Å². The van der Waals surface area contributed by atoms with Gasteiger partial charge in [0.2, 0.25) is 0 Å². The lowest BCUT2D eigenvalue weighted by molar-refractivity contribution is -0.0973. The van der Waals surface area contributed by atoms with E-state index >= 15 is 0 Å². The van der Waals surface area contributed by atoms with Crippen LogP contribution in [0.1, 0.15) is 58.1 Å². The van der Waals surface area contributed by atoms with Crippen molar-refractivity contribution in [3.05, 3.63) is 34.9 Å². The van der Waals surface area contributed by atoms with Gasteiger partial charge in [-0.1, -0.05) is 43.6 Å². The number of rotatable bonds is 6. The fourth-order valence-electron chi connectivity index (χ4n) is 3.55. The van der Waals surface area contributed by atoms with Gasteiger partial charge in [0.05, 0.1) is 11.6 Å². The Balaban J connectivity index is 2.35. The molecule has 0 aromatic heterocycles. The van der Waals surface area contributed by atoms with E-state index < -0.39 is 0 Å². The molecular weight excluding hydrogens is 282 g/mol. The Labute approximate surface area is 134 Å². The number of benzene rings is 1. The second-order valence-electron chi connectivity index (χ2n) is 6.19. The van der Waals surface area contributed by atoms with Gasteiger partial charge in [-0.3, -0.25) is 0 Å². The summed E-state index contributed by atoms with van der Waals surface area (Å²) < 4.78 is 6.32. The SMILES string of the molecule is CCNC(c1ccccc1Cl)C1(OCC)CCC(C)CC1. The second-order valence-corrected chi connectivity index (χ2v) is 6.60. The molecule has 0 aliphatic heterocycles. The van der Waals surface area contributed by atoms with E-state index in [0.29, 0.717) is 0 Å². The summed E-state index contributed by atoms with van der Waals surface area (Å²) in [6.45, 7) is 8.25. The number of halogens is 1. The monoisotopic (exact) mass is 309 g/mol. The molecule has 0 saturated heterocycles. The summed E-state index contributed by atoms with van der Waals surface area (Å²) in [5, 5.41) is 4.47. The van der Waals surface area contributed by atoms with Crippen molar-refractivity contribution in [3.8, 4) is 0 Å². The lowest BCUT2D eigenvalue weighted by Crippen LogP contribution is -2.48. The summed E-state index contributed by atoms with van der Waals surface area (Å²) in [4.78, 5) is 0. The van der Waals surface area contributed by atoms with Crippen LogP contribution in [0.3, 0.4) is 0 Å². The summed E-state index contributed by atoms with van der Waals surface area (Å²) >= 11 is 6.47. The Morgan fingerprint density at radius 1 is 1.29 bits per heavy atom. The first kappa shape index (κ1) is 16.8. The van der Waals surface area contributed by atoms with E-state index in [1.54, 1.807) is 0 Å². The van der Waals surface area contributed by atoms with Gasteiger partial charge < -0.3 is 10.1 Å². The Morgan fingerprint density at radius 3 is 2.52 bits per heavy atom. The average molecular weight is 310 g/mol. The molecule has 2 nitrogen and oxygen atoms in total. The molecule has 0 amide bonds. The molecule has 3 heteroatoms. The lowest BCUT2D eigenvalue weighted by atomic mass is 9.73. The van der Waals surface area contributed by atoms with E-state index in [1.165, 1.54) is 18.4 Å². The maximum atomic E-state index is 6.47. The van der Waals surface area contributed by atoms with Gasteiger partial charge in [-0.2, -0.15) is 0 Å². The smallest absolute Gasteiger partial charge is 0.0876 e. The van der Waals surface area contributed by atoms with Crippen molar-refractivity contribution >= 4 is 11.6 Å². The van der Waals surface area contributed by atoms with E-state index in [1.807, 2.05) is 12.1 Å². The molecule has 1 unspecified atom stereocenters. The molecule has 0 heterocycles. The summed E-state index contributed by atoms with van der Waals surface area (Å²) in [6.07, 6.45) is 4.66. The van der Waals surface area contributed by atoms with Crippen LogP contribution in [0.2, 0.25) is 5.02 Å². The third-order valence-electron chi connectivity index (χ3n) is 4.70. The van der Waals surface area contributed by atoms with E-state index in [9.17, 15) is 0 Å². The lowest BCUT2D eigenvalue weighted by Gasteiger charge is -2.45. The summed E-state index contributed by atoms with van der Waals surface area (Å²) in [6, 6.07) is 8.34. The molecule has 1 aliphatic rings. The number of likely N-dealkylation sites (N-methyl/N-ethyl adjacent to an activating group) is 1. The minimum absolute atomic E-state index is 0.123. The molecule has 0 spiro atoms. The highest BCUT2D eigenvalue weighted by atomic mass is 35.5. The van der Waals surface area contributed by atoms with Crippen LogP contribution < -0.4 is 5.32 Å². The van der Waals surface area contributed by atoms with Gasteiger partial charge in [-0.05, 0) is 56.7 Å². The highest BCUT2D eigenvalue weighted by Crippen LogP contribution is 2.44. The molecule has 0 radical (unpaired) electrons. The summed E-state index contributed by atoms with van der Waals surface area (Å²) in [5.74, 6) is 0.798. The van der Waals surface area contributed by atoms with Gasteiger partial charge in [-0.15, -0.1) is 0 Å². The molecule has 0 bridgehead atoms. The Hall–Kier alpha value is -0.570. The molecule has 21 heavy (non-hydrogen) atoms. The first-order valence-electron chi connectivity index (χ1n) is 8.24. The molecule has 1 N–H and O–H groups in total. The fraction of sp³-hybridized carbons (Fsp3) is 0.667. The first-order chi connectivity index (χ1) is 10.1. The minimum atomic E-state index is -0.123. The van der Waals surface area contributed by atoms with Gasteiger partial charge in [0, 0.05) is 11.6 Å². The predicted molar refractivity (Wildman–Crippen MR) is 89.9 cm³/mol. The zero-order chi connectivity index (χ0) is 15.3. The van der Waals surface area contributed by atoms with Crippen molar-refractivity contribution in [1.29, 1.82) is 0 Å². The normalized spacial score (nSPS) is 27.5. The number of hydrogen-bond acceptors (Lipinski definition) is 2. The van der Waals surface area contributed by atoms with Crippen LogP contribution >= 0.6 is 11.6 Å². The largest absolute Gasteiger partial charge is 0.373 e. The van der Waals surface area contributed by atoms with Crippen LogP contribution in [-0.4, -0.2) is 18.8 Å². The quantitative estimate of drug-likeness (QED) is 0.800. The van der Waals surface area contributed by atoms with Crippen LogP contribution in [0.15, 0.2) is 24.3 Å². The molecule has 1 saturated carbocycles. The molecule has 1 aliphatic carbocycles. The molecule has 1 atom stereocenters. The maximum absolute atomic E-state index is 6.47. The van der Waals surface area contributed by atoms with E-state index in [-0.39, 0.29) is 11.6 Å². The molecule has 118 valence electrons. The zero-order valence-corrected chi connectivity index (χ0v) is 14.2. The van der Waals surface area contributed by atoms with Crippen LogP contribution in [0.5, 0.6) is 0 Å². The van der Waals surface area contributed by atoms with Gasteiger partial charge in [0.25, 0.3) is 0 Å². The van der Waals surface area contributed by atoms with Crippen LogP contribution in [0, 0.1) is 5.92 Å². The number of hydrogen-bond donors (Lipinski definition) is 1.